The van der Waals surface area contributed by atoms with Crippen LogP contribution in [0, 0.1) is 74.8 Å². The molecule has 12 aromatic rings. The van der Waals surface area contributed by atoms with E-state index >= 15 is 0 Å². The number of aromatic nitrogens is 18. The summed E-state index contributed by atoms with van der Waals surface area (Å²) in [5, 5.41) is 0.843. The number of carbonyl (C=O) groups excluding carboxylic acids is 6. The smallest absolute Gasteiger partial charge is 0.302 e. The van der Waals surface area contributed by atoms with Crippen LogP contribution in [0.15, 0.2) is 111 Å². The fourth-order valence-electron chi connectivity index (χ4n) is 14.1. The van der Waals surface area contributed by atoms with Crippen LogP contribution < -0.4 is 29.4 Å². The van der Waals surface area contributed by atoms with E-state index in [-0.39, 0.29) is 120 Å². The van der Waals surface area contributed by atoms with Crippen LogP contribution in [0.25, 0.3) is 95.3 Å². The zero-order valence-corrected chi connectivity index (χ0v) is 73.1. The molecule has 6 amide bonds. The van der Waals surface area contributed by atoms with Crippen molar-refractivity contribution in [3.8, 4) is 0 Å². The van der Waals surface area contributed by atoms with Crippen LogP contribution in [-0.2, 0) is 28.8 Å². The lowest BCUT2D eigenvalue weighted by molar-refractivity contribution is -0.131. The molecule has 6 saturated heterocycles. The van der Waals surface area contributed by atoms with Crippen molar-refractivity contribution in [3.63, 3.8) is 0 Å². The Morgan fingerprint density at radius 1 is 0.333 bits per heavy atom. The first kappa shape index (κ1) is 48.1. The first-order valence-corrected chi connectivity index (χ1v) is 40.7. The minimum atomic E-state index is -3.70. The van der Waals surface area contributed by atoms with Crippen molar-refractivity contribution >= 4 is 137 Å². The molecule has 12 aromatic heterocycles. The van der Waals surface area contributed by atoms with Gasteiger partial charge in [0, 0.05) is 192 Å². The summed E-state index contributed by atoms with van der Waals surface area (Å²) < 4.78 is 483. The standard InChI is InChI=1S/6C16H20N6O/c6*1-11-5-7-22(14(23)8-17-2)9-13(11)21(3)16-12-4-6-18-15(12)19-10-20-16/h6*4,6,10-11,13H,5,7-9H2,1,3H3,(H,18,19,20)/t6*11-,13+/m111111/s1/i1D3,3D3,8D2,9D2,10D,11D,13D;3D3,8D2,9D2,10D,11D,13D;1D3,8D2,9D2,10D,11D,13D;8D2,9D2,10D,11D,13D;1D3,3D3,8D2,9D2,10D;3D3,8D2,9D2,10D. The van der Waals surface area contributed by atoms with E-state index in [0.717, 1.165) is 28.7 Å². The number of nitrogens with one attached hydrogen (secondary N) is 6. The van der Waals surface area contributed by atoms with E-state index in [1.165, 1.54) is 75.3 Å². The summed E-state index contributed by atoms with van der Waals surface area (Å²) in [4.78, 5) is 160. The largest absolute Gasteiger partial charge is 0.354 e. The minimum absolute atomic E-state index is 0.0195. The third-order valence-corrected chi connectivity index (χ3v) is 21.2. The molecule has 6 aliphatic heterocycles. The van der Waals surface area contributed by atoms with Crippen molar-refractivity contribution in [2.75, 3.05) is 189 Å². The summed E-state index contributed by atoms with van der Waals surface area (Å²) in [5.74, 6) is -23.6. The quantitative estimate of drug-likeness (QED) is 0.0435. The number of hydrogen-bond acceptors (Lipinski definition) is 24. The SMILES string of the molecule is [2H]c1nc(N(C([2H])([2H])[2H])[C@@]2([2H])C([2H])([2H])N(C(=O)C([2H])([2H])[N+]#[C-])CC[C@@]2([2H])C([2H])([2H])[2H])c2cc[nH]c2n1.[2H]c1nc(N(C([2H])([2H])[2H])[C@@]2([2H])C([2H])([2H])N(C(=O)C([2H])([2H])[N+]#[C-])CC[C@@]2([2H])C)c2cc[nH]c2n1.[2H]c1nc(N(C)[C@@]2([2H])C([2H])([2H])N(C(=O)C([2H])([2H])[N+]#[C-])CC[C@@]2([2H])C([2H])([2H])[2H])c2cc[nH]c2n1.[2H]c1nc(N(C)[C@@]2([2H])C([2H])([2H])N(C(=O)C([2H])([2H])[N+]#[C-])CC[C@@]2([2H])C)c2cc[nH]c2n1.[2H]c1nc(N([C@@H]2[C@H](C([2H])([2H])[2H])CCN(C(=O)C([2H])([2H])[N+]#[C-])C2([2H])[2H])C([2H])([2H])[2H])c2cc[nH]c2n1.[2H]c1nc(N([C@@H]2[C@H](C)CCN(C(=O)C([2H])([2H])[N+]#[C-])C2([2H])[2H])C([2H])([2H])[2H])c2cc[nH]c2n1. The molecule has 6 fully saturated rings. The summed E-state index contributed by atoms with van der Waals surface area (Å²) >= 11 is 0. The van der Waals surface area contributed by atoms with Gasteiger partial charge in [-0.05, 0) is 110 Å². The van der Waals surface area contributed by atoms with E-state index in [1.54, 1.807) is 19.2 Å². The van der Waals surface area contributed by atoms with E-state index in [4.69, 9.17) is 119 Å². The number of aromatic amines is 6. The molecule has 18 rings (SSSR count). The molecule has 0 unspecified atom stereocenters. The molecule has 720 valence electrons. The highest BCUT2D eigenvalue weighted by molar-refractivity contribution is 5.93. The van der Waals surface area contributed by atoms with Gasteiger partial charge in [-0.3, -0.25) is 28.8 Å². The maximum atomic E-state index is 12.8. The van der Waals surface area contributed by atoms with E-state index in [9.17, 15) is 30.1 Å². The van der Waals surface area contributed by atoms with E-state index in [1.807, 2.05) is 0 Å². The van der Waals surface area contributed by atoms with Gasteiger partial charge in [0.2, 0.25) is 0 Å². The number of H-pyrrole nitrogens is 6. The molecule has 6 N–H and O–H groups in total. The maximum absolute atomic E-state index is 12.8. The van der Waals surface area contributed by atoms with Crippen LogP contribution in [0.4, 0.5) is 34.9 Å². The summed E-state index contributed by atoms with van der Waals surface area (Å²) in [7, 11) is 2.45. The summed E-state index contributed by atoms with van der Waals surface area (Å²) in [6, 6.07) is -7.31. The molecule has 0 saturated carbocycles. The molecule has 42 nitrogen and oxygen atoms in total. The second-order valence-corrected chi connectivity index (χ2v) is 29.6. The number of nitrogens with zero attached hydrogens (tertiary/aromatic N) is 30. The Hall–Kier alpha value is -15.7. The molecule has 0 bridgehead atoms. The van der Waals surface area contributed by atoms with Crippen molar-refractivity contribution < 1.29 is 110 Å². The van der Waals surface area contributed by atoms with Gasteiger partial charge in [-0.2, -0.15) is 0 Å². The molecule has 6 aliphatic rings. The molecule has 0 aromatic carbocycles. The normalized spacial score (nSPS) is 35.2. The highest BCUT2D eigenvalue weighted by atomic mass is 16.2. The molecule has 0 aliphatic carbocycles. The highest BCUT2D eigenvalue weighted by Gasteiger charge is 2.41. The third-order valence-electron chi connectivity index (χ3n) is 21.2. The van der Waals surface area contributed by atoms with Crippen molar-refractivity contribution in [2.24, 2.45) is 35.4 Å². The fourth-order valence-corrected chi connectivity index (χ4v) is 14.1. The van der Waals surface area contributed by atoms with E-state index in [0.29, 0.717) is 40.4 Å². The van der Waals surface area contributed by atoms with Crippen molar-refractivity contribution in [3.05, 3.63) is 180 Å². The van der Waals surface area contributed by atoms with Gasteiger partial charge in [-0.15, -0.1) is 0 Å². The van der Waals surface area contributed by atoms with Crippen molar-refractivity contribution in [2.45, 2.75) is 116 Å². The van der Waals surface area contributed by atoms with Gasteiger partial charge in [0.25, 0.3) is 39.0 Å². The number of rotatable bonds is 18. The number of piperidine rings is 6. The lowest BCUT2D eigenvalue weighted by Crippen LogP contribution is -2.53. The Balaban J connectivity index is 0.000000190. The van der Waals surface area contributed by atoms with Gasteiger partial charge in [-0.25, -0.2) is 99.2 Å². The van der Waals surface area contributed by atoms with Gasteiger partial charge in [0.1, 0.15) is 131 Å². The Morgan fingerprint density at radius 2 is 0.551 bits per heavy atom. The van der Waals surface area contributed by atoms with Gasteiger partial charge < -0.3 is 118 Å². The van der Waals surface area contributed by atoms with Crippen LogP contribution in [0.1, 0.15) is 161 Å². The van der Waals surface area contributed by atoms with Crippen LogP contribution in [-0.4, -0.2) is 350 Å². The lowest BCUT2D eigenvalue weighted by Gasteiger charge is -2.41. The molecular formula is C96H120N36O6. The second-order valence-electron chi connectivity index (χ2n) is 29.6. The van der Waals surface area contributed by atoms with Crippen molar-refractivity contribution in [1.29, 1.82) is 0 Å². The van der Waals surface area contributed by atoms with Crippen LogP contribution in [0.5, 0.6) is 0 Å². The molecule has 18 heterocycles. The van der Waals surface area contributed by atoms with Crippen LogP contribution in [0.3, 0.4) is 0 Å². The topological polar surface area (TPSA) is 417 Å². The van der Waals surface area contributed by atoms with E-state index in [2.05, 4.69) is 119 Å². The average Bonchev–Trinajstić information content (AvgIpc) is 1.59. The first-order valence-electron chi connectivity index (χ1n) is 70.2. The van der Waals surface area contributed by atoms with Gasteiger partial charge >= 0.3 is 35.4 Å². The number of amides is 6. The zero-order chi connectivity index (χ0) is 150. The number of likely N-dealkylation sites (tertiary alicyclic amines) is 6. The first-order chi connectivity index (χ1) is 89.4. The highest BCUT2D eigenvalue weighted by Crippen LogP contribution is 2.37. The second kappa shape index (κ2) is 46.5. The number of carbonyl (C=O) groups is 6. The monoisotopic (exact) mass is 1930 g/mol. The summed E-state index contributed by atoms with van der Waals surface area (Å²) in [6.45, 7) is -17.6. The number of likely N-dealkylation sites (N-methyl/N-ethyl adjacent to an activating group) is 6. The van der Waals surface area contributed by atoms with Crippen LogP contribution >= 0.6 is 0 Å². The zero-order valence-electron chi connectivity index (χ0n) is 132. The Bertz CT molecular complexity index is 9420. The fraction of sp³-hybridized carbons (Fsp3) is 0.500. The number of anilines is 6. The summed E-state index contributed by atoms with van der Waals surface area (Å²) in [6.07, 6.45) is 2.67. The predicted octanol–water partition coefficient (Wildman–Crippen LogP) is 9.30. The molecule has 138 heavy (non-hydrogen) atoms. The Morgan fingerprint density at radius 3 is 0.812 bits per heavy atom. The molecule has 0 radical (unpaired) electrons. The maximum Gasteiger partial charge on any atom is 0.302 e. The lowest BCUT2D eigenvalue weighted by atomic mass is 9.92. The van der Waals surface area contributed by atoms with Gasteiger partial charge in [0.15, 0.2) is 0 Å². The minimum Gasteiger partial charge on any atom is -0.354 e. The predicted molar refractivity (Wildman–Crippen MR) is 527 cm³/mol. The molecule has 12 atom stereocenters. The van der Waals surface area contributed by atoms with Gasteiger partial charge in [0.05, 0.1) is 90.4 Å². The summed E-state index contributed by atoms with van der Waals surface area (Å²) in [5.41, 5.74) is 0.650. The average molecular weight is 1930 g/mol. The Kier molecular flexibility index (Phi) is 16.2. The third kappa shape index (κ3) is 23.1. The van der Waals surface area contributed by atoms with E-state index < -0.39 is 334 Å². The molecular weight excluding hydrogens is 1750 g/mol. The number of fused-ring (bicyclic) bond motifs is 6. The molecule has 42 heteroatoms. The Labute approximate surface area is 884 Å². The number of hydrogen-bond donors (Lipinski definition) is 6. The van der Waals surface area contributed by atoms with Crippen LogP contribution in [0.2, 0.25) is 0 Å². The van der Waals surface area contributed by atoms with Gasteiger partial charge in [-0.1, -0.05) is 41.3 Å². The molecule has 0 spiro atoms. The van der Waals surface area contributed by atoms with Crippen molar-refractivity contribution in [1.82, 2.24) is 119 Å².